The number of halogens is 3. The Balaban J connectivity index is 0. The third-order valence-corrected chi connectivity index (χ3v) is 4.73. The fraction of sp³-hybridized carbons (Fsp3) is 1.00. The first-order valence-electron chi connectivity index (χ1n) is 2.75. The van der Waals surface area contributed by atoms with Gasteiger partial charge in [0.25, 0.3) is 0 Å². The molecule has 0 unspecified atom stereocenters. The van der Waals surface area contributed by atoms with Gasteiger partial charge >= 0.3 is 18.7 Å². The van der Waals surface area contributed by atoms with Gasteiger partial charge in [-0.25, -0.2) is 0 Å². The Morgan fingerprint density at radius 1 is 1.15 bits per heavy atom. The molecular weight excluding hydrogens is 229 g/mol. The molecule has 0 amide bonds. The predicted octanol–water partition coefficient (Wildman–Crippen LogP) is 0.913. The molecule has 4 nitrogen and oxygen atoms in total. The average Bonchev–Trinajstić information content (AvgIpc) is 1.99. The highest BCUT2D eigenvalue weighted by atomic mass is 32.3. The Bertz CT molecular complexity index is 219. The van der Waals surface area contributed by atoms with Gasteiger partial charge in [-0.3, -0.25) is 21.6 Å². The molecule has 0 saturated heterocycles. The number of rotatable bonds is 5. The molecule has 0 aromatic carbocycles. The molecule has 0 radical (unpaired) electrons. The second-order valence-corrected chi connectivity index (χ2v) is 6.78. The van der Waals surface area contributed by atoms with Gasteiger partial charge in [0.2, 0.25) is 0 Å². The second-order valence-electron chi connectivity index (χ2n) is 2.09. The van der Waals surface area contributed by atoms with Crippen molar-refractivity contribution in [1.82, 2.24) is 0 Å². The van der Waals surface area contributed by atoms with E-state index < -0.39 is 37.6 Å². The minimum absolute atomic E-state index is 0. The Labute approximate surface area is 75.8 Å². The predicted molar refractivity (Wildman–Crippen MR) is 43.0 cm³/mol. The van der Waals surface area contributed by atoms with Gasteiger partial charge in [0.15, 0.2) is 0 Å². The first-order valence-corrected chi connectivity index (χ1v) is 6.64. The van der Waals surface area contributed by atoms with Crippen LogP contribution in [0.1, 0.15) is 7.43 Å². The number of hydrogen-bond acceptors (Lipinski definition) is 3. The van der Waals surface area contributed by atoms with E-state index in [1.165, 1.54) is 0 Å². The van der Waals surface area contributed by atoms with Gasteiger partial charge < -0.3 is 0 Å². The minimum Gasteiger partial charge on any atom is -0.286 e. The van der Waals surface area contributed by atoms with Crippen molar-refractivity contribution in [3.05, 3.63) is 0 Å². The van der Waals surface area contributed by atoms with E-state index in [2.05, 4.69) is 3.87 Å². The van der Waals surface area contributed by atoms with Crippen LogP contribution in [0, 0.1) is 0 Å². The molecule has 0 spiro atoms. The van der Waals surface area contributed by atoms with Gasteiger partial charge in [0.05, 0.1) is 0 Å². The van der Waals surface area contributed by atoms with E-state index in [1.54, 1.807) is 0 Å². The van der Waals surface area contributed by atoms with Crippen LogP contribution in [0.2, 0.25) is 0 Å². The zero-order valence-electron chi connectivity index (χ0n) is 5.84. The van der Waals surface area contributed by atoms with Crippen LogP contribution in [0.5, 0.6) is 0 Å². The monoisotopic (exact) mass is 240 g/mol. The maximum Gasteiger partial charge on any atom is 0.387 e. The van der Waals surface area contributed by atoms with Gasteiger partial charge in [-0.15, -0.1) is 0 Å². The lowest BCUT2D eigenvalue weighted by molar-refractivity contribution is 0.342. The van der Waals surface area contributed by atoms with Gasteiger partial charge in [0, 0.05) is 0 Å². The summed E-state index contributed by atoms with van der Waals surface area (Å²) in [6.45, 7) is 0. The van der Waals surface area contributed by atoms with Crippen molar-refractivity contribution in [1.29, 1.82) is 0 Å². The van der Waals surface area contributed by atoms with E-state index >= 15 is 0 Å². The first kappa shape index (κ1) is 15.4. The molecule has 0 fully saturated rings. The molecule has 0 aliphatic heterocycles. The van der Waals surface area contributed by atoms with E-state index in [0.29, 0.717) is 0 Å². The third-order valence-electron chi connectivity index (χ3n) is 1.01. The van der Waals surface area contributed by atoms with Crippen molar-refractivity contribution >= 4 is 18.7 Å². The molecule has 9 heteroatoms. The molecule has 1 N–H and O–H groups in total. The van der Waals surface area contributed by atoms with E-state index in [-0.39, 0.29) is 7.43 Å². The Morgan fingerprint density at radius 3 is 1.54 bits per heavy atom. The molecule has 0 atom stereocenters. The largest absolute Gasteiger partial charge is 0.387 e. The van der Waals surface area contributed by atoms with Gasteiger partial charge in [0.1, 0.15) is 18.9 Å². The highest BCUT2D eigenvalue weighted by Crippen LogP contribution is 2.11. The third kappa shape index (κ3) is 5.24. The molecule has 0 aromatic rings. The lowest BCUT2D eigenvalue weighted by Crippen LogP contribution is -2.49. The summed E-state index contributed by atoms with van der Waals surface area (Å²) >= 11 is 0. The molecule has 0 bridgehead atoms. The zero-order chi connectivity index (χ0) is 9.83. The summed E-state index contributed by atoms with van der Waals surface area (Å²) in [7, 11) is -9.17. The number of hydrogen-bond donors (Lipinski definition) is 1. The maximum absolute atomic E-state index is 11.9. The zero-order valence-corrected chi connectivity index (χ0v) is 7.65. The van der Waals surface area contributed by atoms with Gasteiger partial charge in [-0.05, 0) is 0 Å². The van der Waals surface area contributed by atoms with Crippen LogP contribution in [0.15, 0.2) is 0 Å². The summed E-state index contributed by atoms with van der Waals surface area (Å²) in [6.07, 6.45) is -4.63. The second kappa shape index (κ2) is 5.57. The lowest BCUT2D eigenvalue weighted by atomic mass is 11.7. The fourth-order valence-corrected chi connectivity index (χ4v) is 2.93. The van der Waals surface area contributed by atoms with Crippen molar-refractivity contribution in [3.63, 3.8) is 0 Å². The smallest absolute Gasteiger partial charge is 0.286 e. The van der Waals surface area contributed by atoms with Crippen LogP contribution in [-0.4, -0.2) is 40.2 Å². The summed E-state index contributed by atoms with van der Waals surface area (Å²) in [5.41, 5.74) is 0. The molecule has 0 aliphatic rings. The van der Waals surface area contributed by atoms with Crippen molar-refractivity contribution < 1.29 is 30.0 Å². The highest BCUT2D eigenvalue weighted by molar-refractivity contribution is 7.82. The average molecular weight is 240 g/mol. The van der Waals surface area contributed by atoms with Gasteiger partial charge in [-0.1, -0.05) is 7.43 Å². The number of alkyl halides is 3. The van der Waals surface area contributed by atoms with Crippen LogP contribution < -0.4 is 0 Å². The molecule has 0 aromatic heterocycles. The molecule has 0 aliphatic carbocycles. The highest BCUT2D eigenvalue weighted by Gasteiger charge is 2.41. The van der Waals surface area contributed by atoms with Crippen LogP contribution in [0.4, 0.5) is 13.2 Å². The van der Waals surface area contributed by atoms with Crippen molar-refractivity contribution in [2.24, 2.45) is 0 Å². The molecule has 0 rings (SSSR count). The normalized spacial score (nSPS) is 12.3. The van der Waals surface area contributed by atoms with E-state index in [4.69, 9.17) is 4.55 Å². The molecule has 0 heterocycles. The molecule has 82 valence electrons. The lowest BCUT2D eigenvalue weighted by Gasteiger charge is -2.18. The quantitative estimate of drug-likeness (QED) is 0.573. The molecular formula is C4H11F3O4SSi. The minimum atomic E-state index is -4.98. The summed E-state index contributed by atoms with van der Waals surface area (Å²) in [6, 6.07) is 0. The molecule has 0 saturated carbocycles. The Morgan fingerprint density at radius 2 is 1.46 bits per heavy atom. The van der Waals surface area contributed by atoms with Crippen LogP contribution in [-0.2, 0) is 14.3 Å². The Hall–Kier alpha value is -0.123. The SMILES string of the molecule is C.O=S(=O)(O)O[Si](CF)(CF)CF. The van der Waals surface area contributed by atoms with Crippen molar-refractivity contribution in [2.75, 3.05) is 18.9 Å². The standard InChI is InChI=1S/C3H7F3O4SSi.CH4/c4-1-12(2-5,3-6)10-11(7,8)9;/h1-3H2,(H,7,8,9);1H4. The fourth-order valence-electron chi connectivity index (χ4n) is 0.397. The summed E-state index contributed by atoms with van der Waals surface area (Å²) in [5.74, 6) is 0. The summed E-state index contributed by atoms with van der Waals surface area (Å²) in [5, 5.41) is 0. The van der Waals surface area contributed by atoms with Crippen molar-refractivity contribution in [3.8, 4) is 0 Å². The first-order chi connectivity index (χ1) is 5.39. The van der Waals surface area contributed by atoms with Crippen LogP contribution >= 0.6 is 0 Å². The van der Waals surface area contributed by atoms with Gasteiger partial charge in [-0.2, -0.15) is 8.42 Å². The maximum atomic E-state index is 11.9. The summed E-state index contributed by atoms with van der Waals surface area (Å²) in [4.78, 5) is 0. The topological polar surface area (TPSA) is 63.6 Å². The van der Waals surface area contributed by atoms with Crippen LogP contribution in [0.25, 0.3) is 0 Å². The van der Waals surface area contributed by atoms with Crippen LogP contribution in [0.3, 0.4) is 0 Å². The van der Waals surface area contributed by atoms with E-state index in [1.807, 2.05) is 0 Å². The molecule has 13 heavy (non-hydrogen) atoms. The van der Waals surface area contributed by atoms with E-state index in [9.17, 15) is 21.6 Å². The van der Waals surface area contributed by atoms with Crippen molar-refractivity contribution in [2.45, 2.75) is 7.43 Å². The van der Waals surface area contributed by atoms with E-state index in [0.717, 1.165) is 0 Å². The Kier molecular flexibility index (Phi) is 6.58. The summed E-state index contributed by atoms with van der Waals surface area (Å²) < 4.78 is 67.4.